The van der Waals surface area contributed by atoms with Gasteiger partial charge in [0.15, 0.2) is 0 Å². The molecule has 1 atom stereocenters. The monoisotopic (exact) mass is 332 g/mol. The lowest BCUT2D eigenvalue weighted by atomic mass is 10.1. The average Bonchev–Trinajstić information content (AvgIpc) is 3.08. The highest BCUT2D eigenvalue weighted by Crippen LogP contribution is 2.39. The molecule has 0 amide bonds. The molecular formula is C17H21ClN4O. The molecule has 23 heavy (non-hydrogen) atoms. The number of benzene rings is 1. The number of likely N-dealkylation sites (tertiary alicyclic amines) is 1. The molecule has 2 aromatic rings. The van der Waals surface area contributed by atoms with E-state index in [1.165, 1.54) is 12.8 Å². The van der Waals surface area contributed by atoms with Crippen LogP contribution in [-0.4, -0.2) is 34.7 Å². The molecule has 1 aromatic carbocycles. The smallest absolute Gasteiger partial charge is 0.315 e. The quantitative estimate of drug-likeness (QED) is 0.870. The Morgan fingerprint density at radius 2 is 2.00 bits per heavy atom. The number of halogens is 1. The van der Waals surface area contributed by atoms with Crippen molar-refractivity contribution in [3.8, 4) is 0 Å². The predicted octanol–water partition coefficient (Wildman–Crippen LogP) is 3.85. The number of anilines is 1. The molecule has 1 aromatic heterocycles. The van der Waals surface area contributed by atoms with E-state index in [1.54, 1.807) is 0 Å². The molecule has 5 nitrogen and oxygen atoms in total. The molecule has 0 spiro atoms. The van der Waals surface area contributed by atoms with Crippen molar-refractivity contribution in [3.05, 3.63) is 40.7 Å². The van der Waals surface area contributed by atoms with E-state index in [0.29, 0.717) is 11.9 Å². The molecule has 6 heteroatoms. The standard InChI is InChI=1S/C17H21ClN4O/c18-14-6-2-1-5-13(14)15(22-9-3-4-10-22)11-19-17-21-20-16(23-17)12-7-8-12/h1-2,5-6,12,15H,3-4,7-11H2,(H,19,21). The third kappa shape index (κ3) is 3.35. The summed E-state index contributed by atoms with van der Waals surface area (Å²) in [4.78, 5) is 2.48. The second-order valence-corrected chi connectivity index (χ2v) is 6.79. The van der Waals surface area contributed by atoms with Crippen LogP contribution in [0.1, 0.15) is 49.1 Å². The minimum atomic E-state index is 0.225. The molecule has 1 aliphatic carbocycles. The number of nitrogens with one attached hydrogen (secondary N) is 1. The minimum absolute atomic E-state index is 0.225. The Labute approximate surface area is 141 Å². The molecular weight excluding hydrogens is 312 g/mol. The lowest BCUT2D eigenvalue weighted by Gasteiger charge is -2.28. The first-order valence-electron chi connectivity index (χ1n) is 8.37. The Morgan fingerprint density at radius 3 is 2.74 bits per heavy atom. The van der Waals surface area contributed by atoms with Gasteiger partial charge in [0.05, 0.1) is 6.04 Å². The summed E-state index contributed by atoms with van der Waals surface area (Å²) in [6, 6.07) is 8.82. The van der Waals surface area contributed by atoms with Gasteiger partial charge in [-0.15, -0.1) is 5.10 Å². The van der Waals surface area contributed by atoms with Crippen LogP contribution in [0, 0.1) is 0 Å². The lowest BCUT2D eigenvalue weighted by molar-refractivity contribution is 0.255. The van der Waals surface area contributed by atoms with Crippen molar-refractivity contribution in [3.63, 3.8) is 0 Å². The summed E-state index contributed by atoms with van der Waals surface area (Å²) >= 11 is 6.43. The van der Waals surface area contributed by atoms with Gasteiger partial charge in [0.1, 0.15) is 0 Å². The van der Waals surface area contributed by atoms with E-state index in [2.05, 4.69) is 26.5 Å². The summed E-state index contributed by atoms with van der Waals surface area (Å²) in [6.45, 7) is 2.93. The van der Waals surface area contributed by atoms with Crippen LogP contribution in [0.5, 0.6) is 0 Å². The number of hydrogen-bond acceptors (Lipinski definition) is 5. The van der Waals surface area contributed by atoms with Crippen molar-refractivity contribution in [1.29, 1.82) is 0 Å². The zero-order valence-electron chi connectivity index (χ0n) is 13.0. The van der Waals surface area contributed by atoms with Crippen LogP contribution in [0.25, 0.3) is 0 Å². The summed E-state index contributed by atoms with van der Waals surface area (Å²) in [5, 5.41) is 12.4. The molecule has 122 valence electrons. The topological polar surface area (TPSA) is 54.2 Å². The van der Waals surface area contributed by atoms with Crippen molar-refractivity contribution in [2.45, 2.75) is 37.6 Å². The van der Waals surface area contributed by atoms with Gasteiger partial charge in [-0.25, -0.2) is 0 Å². The number of aromatic nitrogens is 2. The predicted molar refractivity (Wildman–Crippen MR) is 89.8 cm³/mol. The number of nitrogens with zero attached hydrogens (tertiary/aromatic N) is 3. The van der Waals surface area contributed by atoms with Crippen LogP contribution in [0.2, 0.25) is 5.02 Å². The molecule has 0 radical (unpaired) electrons. The molecule has 1 aliphatic heterocycles. The first-order chi connectivity index (χ1) is 11.3. The molecule has 1 saturated carbocycles. The largest absolute Gasteiger partial charge is 0.408 e. The molecule has 1 saturated heterocycles. The van der Waals surface area contributed by atoms with Gasteiger partial charge in [-0.3, -0.25) is 4.90 Å². The highest BCUT2D eigenvalue weighted by molar-refractivity contribution is 6.31. The van der Waals surface area contributed by atoms with Gasteiger partial charge < -0.3 is 9.73 Å². The number of hydrogen-bond donors (Lipinski definition) is 1. The molecule has 4 rings (SSSR count). The maximum absolute atomic E-state index is 6.43. The minimum Gasteiger partial charge on any atom is -0.408 e. The fourth-order valence-corrected chi connectivity index (χ4v) is 3.48. The highest BCUT2D eigenvalue weighted by Gasteiger charge is 2.30. The van der Waals surface area contributed by atoms with Crippen molar-refractivity contribution in [2.75, 3.05) is 25.0 Å². The van der Waals surface area contributed by atoms with Crippen molar-refractivity contribution < 1.29 is 4.42 Å². The summed E-state index contributed by atoms with van der Waals surface area (Å²) in [5.41, 5.74) is 1.16. The molecule has 2 fully saturated rings. The Morgan fingerprint density at radius 1 is 1.22 bits per heavy atom. The van der Waals surface area contributed by atoms with Crippen LogP contribution < -0.4 is 5.32 Å². The lowest BCUT2D eigenvalue weighted by Crippen LogP contribution is -2.31. The fraction of sp³-hybridized carbons (Fsp3) is 0.529. The second kappa shape index (κ2) is 6.49. The van der Waals surface area contributed by atoms with Crippen LogP contribution >= 0.6 is 11.6 Å². The first kappa shape index (κ1) is 15.0. The van der Waals surface area contributed by atoms with Crippen molar-refractivity contribution in [2.24, 2.45) is 0 Å². The normalized spacial score (nSPS) is 19.9. The zero-order valence-corrected chi connectivity index (χ0v) is 13.8. The molecule has 1 N–H and O–H groups in total. The van der Waals surface area contributed by atoms with E-state index in [4.69, 9.17) is 16.0 Å². The SMILES string of the molecule is Clc1ccccc1C(CNc1nnc(C2CC2)o1)N1CCCC1. The van der Waals surface area contributed by atoms with Gasteiger partial charge in [0.2, 0.25) is 5.89 Å². The first-order valence-corrected chi connectivity index (χ1v) is 8.75. The maximum atomic E-state index is 6.43. The third-order valence-corrected chi connectivity index (χ3v) is 5.00. The van der Waals surface area contributed by atoms with Crippen LogP contribution in [-0.2, 0) is 0 Å². The average molecular weight is 333 g/mol. The highest BCUT2D eigenvalue weighted by atomic mass is 35.5. The van der Waals surface area contributed by atoms with Gasteiger partial charge in [-0.1, -0.05) is 34.9 Å². The Balaban J connectivity index is 1.49. The van der Waals surface area contributed by atoms with E-state index in [9.17, 15) is 0 Å². The Kier molecular flexibility index (Phi) is 4.23. The van der Waals surface area contributed by atoms with E-state index in [-0.39, 0.29) is 6.04 Å². The van der Waals surface area contributed by atoms with E-state index in [1.807, 2.05) is 18.2 Å². The zero-order chi connectivity index (χ0) is 15.6. The van der Waals surface area contributed by atoms with Gasteiger partial charge in [-0.05, 0) is 50.4 Å². The molecule has 1 unspecified atom stereocenters. The summed E-state index contributed by atoms with van der Waals surface area (Å²) in [7, 11) is 0. The van der Waals surface area contributed by atoms with Crippen LogP contribution in [0.3, 0.4) is 0 Å². The van der Waals surface area contributed by atoms with E-state index in [0.717, 1.165) is 49.0 Å². The van der Waals surface area contributed by atoms with Gasteiger partial charge in [0, 0.05) is 17.5 Å². The maximum Gasteiger partial charge on any atom is 0.315 e. The summed E-state index contributed by atoms with van der Waals surface area (Å²) in [5.74, 6) is 1.25. The summed E-state index contributed by atoms with van der Waals surface area (Å²) < 4.78 is 5.70. The van der Waals surface area contributed by atoms with Gasteiger partial charge >= 0.3 is 6.01 Å². The van der Waals surface area contributed by atoms with Crippen LogP contribution in [0.4, 0.5) is 6.01 Å². The Hall–Kier alpha value is -1.59. The van der Waals surface area contributed by atoms with Gasteiger partial charge in [-0.2, -0.15) is 0 Å². The van der Waals surface area contributed by atoms with Crippen molar-refractivity contribution in [1.82, 2.24) is 15.1 Å². The number of rotatable bonds is 6. The van der Waals surface area contributed by atoms with Crippen LogP contribution in [0.15, 0.2) is 28.7 Å². The second-order valence-electron chi connectivity index (χ2n) is 6.38. The fourth-order valence-electron chi connectivity index (χ4n) is 3.22. The van der Waals surface area contributed by atoms with Gasteiger partial charge in [0.25, 0.3) is 0 Å². The van der Waals surface area contributed by atoms with E-state index < -0.39 is 0 Å². The summed E-state index contributed by atoms with van der Waals surface area (Å²) in [6.07, 6.45) is 4.82. The molecule has 2 heterocycles. The van der Waals surface area contributed by atoms with E-state index >= 15 is 0 Å². The third-order valence-electron chi connectivity index (χ3n) is 4.66. The molecule has 2 aliphatic rings. The molecule has 0 bridgehead atoms. The Bertz CT molecular complexity index is 664. The van der Waals surface area contributed by atoms with Crippen molar-refractivity contribution >= 4 is 17.6 Å².